The van der Waals surface area contributed by atoms with Crippen LogP contribution in [0.25, 0.3) is 24.3 Å². The number of benzene rings is 3. The standard InChI is InChI=1S/C31H36O6/c1-8-36-30-26(32-4)17-24(18-27(30)33-5)15-13-22-9-11-23(12-10-22)14-16-25-19-28(34-6)31(37-21(2)3)29(20-25)35-7/h9-21H,8H2,1-7H3/b15-13+,16-14+. The van der Waals surface area contributed by atoms with Gasteiger partial charge in [0.15, 0.2) is 23.0 Å². The van der Waals surface area contributed by atoms with E-state index >= 15 is 0 Å². The third kappa shape index (κ3) is 7.23. The van der Waals surface area contributed by atoms with Crippen LogP contribution in [0.4, 0.5) is 0 Å². The van der Waals surface area contributed by atoms with Crippen molar-refractivity contribution in [2.45, 2.75) is 26.9 Å². The summed E-state index contributed by atoms with van der Waals surface area (Å²) in [6, 6.07) is 16.0. The van der Waals surface area contributed by atoms with E-state index in [2.05, 4.69) is 24.3 Å². The summed E-state index contributed by atoms with van der Waals surface area (Å²) in [5.41, 5.74) is 4.05. The summed E-state index contributed by atoms with van der Waals surface area (Å²) in [5.74, 6) is 3.76. The highest BCUT2D eigenvalue weighted by molar-refractivity contribution is 5.75. The van der Waals surface area contributed by atoms with E-state index in [1.165, 1.54) is 0 Å². The molecule has 3 rings (SSSR count). The largest absolute Gasteiger partial charge is 0.493 e. The minimum absolute atomic E-state index is 0.00949. The molecule has 0 saturated carbocycles. The van der Waals surface area contributed by atoms with Gasteiger partial charge in [-0.05, 0) is 67.3 Å². The van der Waals surface area contributed by atoms with Crippen molar-refractivity contribution in [3.05, 3.63) is 70.8 Å². The lowest BCUT2D eigenvalue weighted by atomic mass is 10.1. The fraction of sp³-hybridized carbons (Fsp3) is 0.290. The molecule has 0 heterocycles. The molecule has 0 saturated heterocycles. The van der Waals surface area contributed by atoms with Gasteiger partial charge < -0.3 is 28.4 Å². The van der Waals surface area contributed by atoms with Crippen LogP contribution in [0, 0.1) is 0 Å². The molecule has 0 aliphatic carbocycles. The molecule has 0 radical (unpaired) electrons. The van der Waals surface area contributed by atoms with Gasteiger partial charge in [-0.3, -0.25) is 0 Å². The van der Waals surface area contributed by atoms with E-state index < -0.39 is 0 Å². The predicted octanol–water partition coefficient (Wildman–Crippen LogP) is 7.25. The van der Waals surface area contributed by atoms with Crippen LogP contribution in [-0.2, 0) is 0 Å². The average molecular weight is 505 g/mol. The summed E-state index contributed by atoms with van der Waals surface area (Å²) >= 11 is 0. The SMILES string of the molecule is CCOc1c(OC)cc(/C=C/c2ccc(/C=C/c3cc(OC)c(OC(C)C)c(OC)c3)cc2)cc1OC. The molecular weight excluding hydrogens is 468 g/mol. The molecule has 0 atom stereocenters. The molecule has 0 amide bonds. The van der Waals surface area contributed by atoms with Crippen molar-refractivity contribution in [3.63, 3.8) is 0 Å². The minimum atomic E-state index is 0.00949. The number of hydrogen-bond acceptors (Lipinski definition) is 6. The Bertz CT molecular complexity index is 1170. The number of ether oxygens (including phenoxy) is 6. The van der Waals surface area contributed by atoms with Crippen molar-refractivity contribution in [2.24, 2.45) is 0 Å². The zero-order valence-corrected chi connectivity index (χ0v) is 22.7. The van der Waals surface area contributed by atoms with Crippen molar-refractivity contribution < 1.29 is 28.4 Å². The maximum absolute atomic E-state index is 5.89. The van der Waals surface area contributed by atoms with Crippen LogP contribution < -0.4 is 28.4 Å². The lowest BCUT2D eigenvalue weighted by molar-refractivity contribution is 0.218. The second kappa shape index (κ2) is 13.3. The number of hydrogen-bond donors (Lipinski definition) is 0. The van der Waals surface area contributed by atoms with E-state index in [1.54, 1.807) is 28.4 Å². The highest BCUT2D eigenvalue weighted by Crippen LogP contribution is 2.40. The maximum atomic E-state index is 5.89. The van der Waals surface area contributed by atoms with Gasteiger partial charge in [-0.2, -0.15) is 0 Å². The zero-order chi connectivity index (χ0) is 26.8. The first kappa shape index (κ1) is 27.5. The molecule has 0 bridgehead atoms. The molecule has 0 aliphatic rings. The van der Waals surface area contributed by atoms with Crippen LogP contribution in [0.5, 0.6) is 34.5 Å². The van der Waals surface area contributed by atoms with Gasteiger partial charge in [0.05, 0.1) is 41.2 Å². The molecule has 6 nitrogen and oxygen atoms in total. The van der Waals surface area contributed by atoms with Crippen LogP contribution in [-0.4, -0.2) is 41.2 Å². The van der Waals surface area contributed by atoms with Crippen molar-refractivity contribution >= 4 is 24.3 Å². The Morgan fingerprint density at radius 1 is 0.568 bits per heavy atom. The van der Waals surface area contributed by atoms with Gasteiger partial charge in [-0.1, -0.05) is 48.6 Å². The van der Waals surface area contributed by atoms with Crippen LogP contribution in [0.3, 0.4) is 0 Å². The van der Waals surface area contributed by atoms with Crippen molar-refractivity contribution in [1.82, 2.24) is 0 Å². The van der Waals surface area contributed by atoms with Crippen molar-refractivity contribution in [1.29, 1.82) is 0 Å². The van der Waals surface area contributed by atoms with Gasteiger partial charge in [-0.15, -0.1) is 0 Å². The fourth-order valence-electron chi connectivity index (χ4n) is 3.73. The summed E-state index contributed by atoms with van der Waals surface area (Å²) in [5, 5.41) is 0. The second-order valence-electron chi connectivity index (χ2n) is 8.44. The van der Waals surface area contributed by atoms with Gasteiger partial charge in [0, 0.05) is 0 Å². The fourth-order valence-corrected chi connectivity index (χ4v) is 3.73. The number of rotatable bonds is 12. The molecule has 0 aromatic heterocycles. The topological polar surface area (TPSA) is 55.4 Å². The zero-order valence-electron chi connectivity index (χ0n) is 22.7. The Labute approximate surface area is 220 Å². The average Bonchev–Trinajstić information content (AvgIpc) is 2.91. The summed E-state index contributed by atoms with van der Waals surface area (Å²) in [4.78, 5) is 0. The van der Waals surface area contributed by atoms with E-state index in [9.17, 15) is 0 Å². The minimum Gasteiger partial charge on any atom is -0.493 e. The number of methoxy groups -OCH3 is 4. The van der Waals surface area contributed by atoms with E-state index in [0.29, 0.717) is 41.1 Å². The quantitative estimate of drug-likeness (QED) is 0.242. The van der Waals surface area contributed by atoms with E-state index in [-0.39, 0.29) is 6.10 Å². The van der Waals surface area contributed by atoms with E-state index in [4.69, 9.17) is 28.4 Å². The summed E-state index contributed by atoms with van der Waals surface area (Å²) in [6.45, 7) is 6.40. The van der Waals surface area contributed by atoms with Gasteiger partial charge in [0.25, 0.3) is 0 Å². The second-order valence-corrected chi connectivity index (χ2v) is 8.44. The maximum Gasteiger partial charge on any atom is 0.203 e. The normalized spacial score (nSPS) is 11.2. The third-order valence-electron chi connectivity index (χ3n) is 5.48. The molecule has 37 heavy (non-hydrogen) atoms. The lowest BCUT2D eigenvalue weighted by Gasteiger charge is -2.17. The Balaban J connectivity index is 1.77. The molecular formula is C31H36O6. The molecule has 6 heteroatoms. The van der Waals surface area contributed by atoms with Crippen LogP contribution >= 0.6 is 0 Å². The Hall–Kier alpha value is -4.06. The molecule has 196 valence electrons. The highest BCUT2D eigenvalue weighted by Gasteiger charge is 2.15. The molecule has 0 unspecified atom stereocenters. The first-order chi connectivity index (χ1) is 17.9. The van der Waals surface area contributed by atoms with Gasteiger partial charge in [0.1, 0.15) is 0 Å². The Kier molecular flexibility index (Phi) is 9.90. The summed E-state index contributed by atoms with van der Waals surface area (Å²) in [7, 11) is 6.50. The molecule has 3 aromatic rings. The first-order valence-corrected chi connectivity index (χ1v) is 12.2. The van der Waals surface area contributed by atoms with E-state index in [1.807, 2.05) is 69.3 Å². The van der Waals surface area contributed by atoms with Gasteiger partial charge in [0.2, 0.25) is 11.5 Å². The molecule has 0 aliphatic heterocycles. The predicted molar refractivity (Wildman–Crippen MR) is 150 cm³/mol. The third-order valence-corrected chi connectivity index (χ3v) is 5.48. The molecule has 0 spiro atoms. The van der Waals surface area contributed by atoms with Gasteiger partial charge in [-0.25, -0.2) is 0 Å². The van der Waals surface area contributed by atoms with Crippen LogP contribution in [0.2, 0.25) is 0 Å². The first-order valence-electron chi connectivity index (χ1n) is 12.2. The van der Waals surface area contributed by atoms with Crippen molar-refractivity contribution in [3.8, 4) is 34.5 Å². The molecule has 0 fully saturated rings. The molecule has 0 N–H and O–H groups in total. The van der Waals surface area contributed by atoms with Gasteiger partial charge >= 0.3 is 0 Å². The Morgan fingerprint density at radius 2 is 0.919 bits per heavy atom. The highest BCUT2D eigenvalue weighted by atomic mass is 16.5. The molecule has 3 aromatic carbocycles. The van der Waals surface area contributed by atoms with Crippen LogP contribution in [0.15, 0.2) is 48.5 Å². The van der Waals surface area contributed by atoms with Crippen molar-refractivity contribution in [2.75, 3.05) is 35.0 Å². The Morgan fingerprint density at radius 3 is 1.24 bits per heavy atom. The smallest absolute Gasteiger partial charge is 0.203 e. The summed E-state index contributed by atoms with van der Waals surface area (Å²) < 4.78 is 33.6. The lowest BCUT2D eigenvalue weighted by Crippen LogP contribution is -2.08. The van der Waals surface area contributed by atoms with E-state index in [0.717, 1.165) is 22.3 Å². The summed E-state index contributed by atoms with van der Waals surface area (Å²) in [6.07, 6.45) is 8.14. The van der Waals surface area contributed by atoms with Crippen LogP contribution in [0.1, 0.15) is 43.0 Å². The monoisotopic (exact) mass is 504 g/mol.